The topological polar surface area (TPSA) is 52.5 Å². The van der Waals surface area contributed by atoms with Gasteiger partial charge in [-0.3, -0.25) is 4.79 Å². The molecule has 0 saturated carbocycles. The highest BCUT2D eigenvalue weighted by Gasteiger charge is 2.13. The van der Waals surface area contributed by atoms with Crippen LogP contribution in [0.2, 0.25) is 0 Å². The van der Waals surface area contributed by atoms with E-state index in [2.05, 4.69) is 5.32 Å². The standard InChI is InChI=1S/C20H18N2O3/c23-20(21-13-16-5-8-18-19(11-16)25-14-24-18)12-15-3-6-17(7-4-15)22-9-1-2-10-22/h1-11H,12-14H2,(H,21,23). The molecule has 1 aromatic heterocycles. The van der Waals surface area contributed by atoms with Crippen LogP contribution in [0.4, 0.5) is 0 Å². The Morgan fingerprint density at radius 2 is 1.68 bits per heavy atom. The SMILES string of the molecule is O=C(Cc1ccc(-n2cccc2)cc1)NCc1ccc2c(c1)OCO2. The Balaban J connectivity index is 1.33. The van der Waals surface area contributed by atoms with Crippen LogP contribution in [0.3, 0.4) is 0 Å². The van der Waals surface area contributed by atoms with Crippen molar-refractivity contribution in [2.75, 3.05) is 6.79 Å². The van der Waals surface area contributed by atoms with Gasteiger partial charge in [-0.2, -0.15) is 0 Å². The van der Waals surface area contributed by atoms with E-state index < -0.39 is 0 Å². The number of hydrogen-bond acceptors (Lipinski definition) is 3. The summed E-state index contributed by atoms with van der Waals surface area (Å²) in [6, 6.07) is 17.7. The molecule has 0 unspecified atom stereocenters. The van der Waals surface area contributed by atoms with Gasteiger partial charge in [-0.15, -0.1) is 0 Å². The molecule has 5 nitrogen and oxygen atoms in total. The van der Waals surface area contributed by atoms with Crippen LogP contribution in [0.1, 0.15) is 11.1 Å². The van der Waals surface area contributed by atoms with Crippen molar-refractivity contribution >= 4 is 5.91 Å². The van der Waals surface area contributed by atoms with Crippen molar-refractivity contribution in [3.63, 3.8) is 0 Å². The Morgan fingerprint density at radius 3 is 2.48 bits per heavy atom. The van der Waals surface area contributed by atoms with Crippen LogP contribution in [0, 0.1) is 0 Å². The predicted octanol–water partition coefficient (Wildman–Crippen LogP) is 3.06. The van der Waals surface area contributed by atoms with Gasteiger partial charge in [0.2, 0.25) is 12.7 Å². The number of hydrogen-bond donors (Lipinski definition) is 1. The zero-order valence-corrected chi connectivity index (χ0v) is 13.6. The average Bonchev–Trinajstić information content (AvgIpc) is 3.32. The fraction of sp³-hybridized carbons (Fsp3) is 0.150. The monoisotopic (exact) mass is 334 g/mol. The summed E-state index contributed by atoms with van der Waals surface area (Å²) in [5, 5.41) is 2.94. The number of carbonyl (C=O) groups is 1. The number of benzene rings is 2. The van der Waals surface area contributed by atoms with Crippen LogP contribution in [0.15, 0.2) is 67.0 Å². The molecule has 0 radical (unpaired) electrons. The van der Waals surface area contributed by atoms with Crippen LogP contribution < -0.4 is 14.8 Å². The summed E-state index contributed by atoms with van der Waals surface area (Å²) >= 11 is 0. The highest BCUT2D eigenvalue weighted by molar-refractivity contribution is 5.78. The second-order valence-electron chi connectivity index (χ2n) is 5.90. The van der Waals surface area contributed by atoms with Crippen molar-refractivity contribution in [2.45, 2.75) is 13.0 Å². The molecule has 1 N–H and O–H groups in total. The van der Waals surface area contributed by atoms with Crippen molar-refractivity contribution in [1.82, 2.24) is 9.88 Å². The zero-order valence-electron chi connectivity index (χ0n) is 13.6. The molecule has 126 valence electrons. The normalized spacial score (nSPS) is 12.2. The minimum absolute atomic E-state index is 0.00798. The molecule has 2 heterocycles. The van der Waals surface area contributed by atoms with Gasteiger partial charge in [0.05, 0.1) is 6.42 Å². The molecule has 4 rings (SSSR count). The van der Waals surface area contributed by atoms with Crippen molar-refractivity contribution in [1.29, 1.82) is 0 Å². The average molecular weight is 334 g/mol. The third-order valence-corrected chi connectivity index (χ3v) is 4.13. The Labute approximate surface area is 145 Å². The first-order chi connectivity index (χ1) is 12.3. The van der Waals surface area contributed by atoms with Crippen LogP contribution in [0.25, 0.3) is 5.69 Å². The van der Waals surface area contributed by atoms with Gasteiger partial charge in [-0.1, -0.05) is 18.2 Å². The lowest BCUT2D eigenvalue weighted by Crippen LogP contribution is -2.24. The van der Waals surface area contributed by atoms with Crippen molar-refractivity contribution < 1.29 is 14.3 Å². The van der Waals surface area contributed by atoms with E-state index in [1.807, 2.05) is 71.6 Å². The van der Waals surface area contributed by atoms with E-state index in [1.165, 1.54) is 0 Å². The van der Waals surface area contributed by atoms with Crippen LogP contribution in [-0.4, -0.2) is 17.3 Å². The van der Waals surface area contributed by atoms with E-state index in [9.17, 15) is 4.79 Å². The van der Waals surface area contributed by atoms with Crippen molar-refractivity contribution in [3.8, 4) is 17.2 Å². The lowest BCUT2D eigenvalue weighted by atomic mass is 10.1. The summed E-state index contributed by atoms with van der Waals surface area (Å²) in [4.78, 5) is 12.2. The first kappa shape index (κ1) is 15.3. The third-order valence-electron chi connectivity index (χ3n) is 4.13. The van der Waals surface area contributed by atoms with Crippen LogP contribution in [0.5, 0.6) is 11.5 Å². The number of nitrogens with one attached hydrogen (secondary N) is 1. The van der Waals surface area contributed by atoms with E-state index in [0.29, 0.717) is 13.0 Å². The number of rotatable bonds is 5. The fourth-order valence-electron chi connectivity index (χ4n) is 2.79. The van der Waals surface area contributed by atoms with Crippen LogP contribution >= 0.6 is 0 Å². The molecular formula is C20H18N2O3. The first-order valence-corrected chi connectivity index (χ1v) is 8.15. The fourth-order valence-corrected chi connectivity index (χ4v) is 2.79. The Bertz CT molecular complexity index is 870. The quantitative estimate of drug-likeness (QED) is 0.780. The maximum atomic E-state index is 12.2. The molecular weight excluding hydrogens is 316 g/mol. The summed E-state index contributed by atoms with van der Waals surface area (Å²) in [7, 11) is 0. The molecule has 0 fully saturated rings. The predicted molar refractivity (Wildman–Crippen MR) is 93.9 cm³/mol. The summed E-state index contributed by atoms with van der Waals surface area (Å²) in [6.45, 7) is 0.723. The van der Waals surface area contributed by atoms with Gasteiger partial charge in [-0.05, 0) is 47.5 Å². The van der Waals surface area contributed by atoms with E-state index in [0.717, 1.165) is 28.3 Å². The van der Waals surface area contributed by atoms with Crippen molar-refractivity contribution in [3.05, 3.63) is 78.1 Å². The summed E-state index contributed by atoms with van der Waals surface area (Å²) in [5.74, 6) is 1.47. The highest BCUT2D eigenvalue weighted by Crippen LogP contribution is 2.32. The third kappa shape index (κ3) is 3.50. The van der Waals surface area contributed by atoms with Crippen molar-refractivity contribution in [2.24, 2.45) is 0 Å². The number of carbonyl (C=O) groups excluding carboxylic acids is 1. The second-order valence-corrected chi connectivity index (χ2v) is 5.90. The summed E-state index contributed by atoms with van der Waals surface area (Å²) < 4.78 is 12.7. The molecule has 0 spiro atoms. The van der Waals surface area contributed by atoms with Gasteiger partial charge >= 0.3 is 0 Å². The molecule has 1 aliphatic heterocycles. The number of nitrogens with zero attached hydrogens (tertiary/aromatic N) is 1. The van der Waals surface area contributed by atoms with Crippen LogP contribution in [-0.2, 0) is 17.8 Å². The molecule has 1 amide bonds. The Morgan fingerprint density at radius 1 is 0.960 bits per heavy atom. The minimum atomic E-state index is -0.00798. The lowest BCUT2D eigenvalue weighted by Gasteiger charge is -2.08. The molecule has 0 bridgehead atoms. The largest absolute Gasteiger partial charge is 0.454 e. The van der Waals surface area contributed by atoms with Gasteiger partial charge in [0.15, 0.2) is 11.5 Å². The van der Waals surface area contributed by atoms with Gasteiger partial charge in [0, 0.05) is 24.6 Å². The van der Waals surface area contributed by atoms with E-state index in [4.69, 9.17) is 9.47 Å². The second kappa shape index (κ2) is 6.73. The number of ether oxygens (including phenoxy) is 2. The molecule has 25 heavy (non-hydrogen) atoms. The zero-order chi connectivity index (χ0) is 17.1. The number of amides is 1. The Kier molecular flexibility index (Phi) is 4.12. The smallest absolute Gasteiger partial charge is 0.231 e. The number of fused-ring (bicyclic) bond motifs is 1. The van der Waals surface area contributed by atoms with Gasteiger partial charge in [-0.25, -0.2) is 0 Å². The lowest BCUT2D eigenvalue weighted by molar-refractivity contribution is -0.120. The molecule has 0 atom stereocenters. The Hall–Kier alpha value is -3.21. The van der Waals surface area contributed by atoms with Gasteiger partial charge in [0.1, 0.15) is 0 Å². The molecule has 0 saturated heterocycles. The summed E-state index contributed by atoms with van der Waals surface area (Å²) in [5.41, 5.74) is 3.05. The molecule has 0 aliphatic carbocycles. The molecule has 5 heteroatoms. The first-order valence-electron chi connectivity index (χ1n) is 8.15. The van der Waals surface area contributed by atoms with E-state index in [-0.39, 0.29) is 12.7 Å². The molecule has 3 aromatic rings. The van der Waals surface area contributed by atoms with Gasteiger partial charge < -0.3 is 19.4 Å². The minimum Gasteiger partial charge on any atom is -0.454 e. The summed E-state index contributed by atoms with van der Waals surface area (Å²) in [6.07, 6.45) is 4.34. The van der Waals surface area contributed by atoms with Gasteiger partial charge in [0.25, 0.3) is 0 Å². The maximum Gasteiger partial charge on any atom is 0.231 e. The highest BCUT2D eigenvalue weighted by atomic mass is 16.7. The van der Waals surface area contributed by atoms with E-state index >= 15 is 0 Å². The maximum absolute atomic E-state index is 12.2. The molecule has 1 aliphatic rings. The van der Waals surface area contributed by atoms with E-state index in [1.54, 1.807) is 0 Å². The molecule has 2 aromatic carbocycles. The number of aromatic nitrogens is 1.